The Morgan fingerprint density at radius 2 is 2.47 bits per heavy atom. The minimum absolute atomic E-state index is 0.117. The van der Waals surface area contributed by atoms with Crippen LogP contribution in [0, 0.1) is 0 Å². The Balaban J connectivity index is 1.66. The number of thiophene rings is 1. The maximum Gasteiger partial charge on any atom is 0.335 e. The molecule has 0 aromatic carbocycles. The number of carbonyl (C=O) groups is 1. The highest BCUT2D eigenvalue weighted by Crippen LogP contribution is 2.22. The van der Waals surface area contributed by atoms with Crippen LogP contribution in [0.4, 0.5) is 0 Å². The average molecular weight is 305 g/mol. The Kier molecular flexibility index (Phi) is 5.63. The van der Waals surface area contributed by atoms with Gasteiger partial charge in [0, 0.05) is 11.5 Å². The van der Waals surface area contributed by atoms with Crippen molar-refractivity contribution < 1.29 is 19.0 Å². The van der Waals surface area contributed by atoms with Crippen molar-refractivity contribution in [1.82, 2.24) is 0 Å². The maximum absolute atomic E-state index is 11.7. The summed E-state index contributed by atoms with van der Waals surface area (Å²) in [6.45, 7) is 3.16. The van der Waals surface area contributed by atoms with Gasteiger partial charge in [0.1, 0.15) is 6.61 Å². The van der Waals surface area contributed by atoms with E-state index < -0.39 is 6.10 Å². The molecule has 0 radical (unpaired) electrons. The van der Waals surface area contributed by atoms with E-state index in [1.165, 1.54) is 11.3 Å². The van der Waals surface area contributed by atoms with Crippen molar-refractivity contribution >= 4 is 28.9 Å². The number of rotatable bonds is 6. The predicted octanol–water partition coefficient (Wildman–Crippen LogP) is 3.03. The highest BCUT2D eigenvalue weighted by Gasteiger charge is 2.20. The Morgan fingerprint density at radius 1 is 1.63 bits per heavy atom. The van der Waals surface area contributed by atoms with E-state index in [0.717, 1.165) is 24.3 Å². The SMILES string of the molecule is CC(OCC1CCCO1)C(=O)OCc1ccc(Cl)s1. The molecule has 1 aromatic rings. The van der Waals surface area contributed by atoms with Crippen LogP contribution < -0.4 is 0 Å². The van der Waals surface area contributed by atoms with Crippen molar-refractivity contribution in [2.75, 3.05) is 13.2 Å². The summed E-state index contributed by atoms with van der Waals surface area (Å²) >= 11 is 7.20. The largest absolute Gasteiger partial charge is 0.458 e. The van der Waals surface area contributed by atoms with Gasteiger partial charge in [-0.3, -0.25) is 0 Å². The number of esters is 1. The fourth-order valence-electron chi connectivity index (χ4n) is 1.78. The van der Waals surface area contributed by atoms with Crippen LogP contribution in [-0.2, 0) is 25.6 Å². The summed E-state index contributed by atoms with van der Waals surface area (Å²) in [7, 11) is 0. The monoisotopic (exact) mass is 304 g/mol. The molecule has 1 saturated heterocycles. The number of hydrogen-bond donors (Lipinski definition) is 0. The van der Waals surface area contributed by atoms with Gasteiger partial charge in [-0.25, -0.2) is 4.79 Å². The van der Waals surface area contributed by atoms with Gasteiger partial charge < -0.3 is 14.2 Å². The van der Waals surface area contributed by atoms with Gasteiger partial charge in [-0.15, -0.1) is 11.3 Å². The van der Waals surface area contributed by atoms with Crippen molar-refractivity contribution in [3.8, 4) is 0 Å². The zero-order valence-corrected chi connectivity index (χ0v) is 12.3. The zero-order valence-electron chi connectivity index (χ0n) is 10.8. The van der Waals surface area contributed by atoms with E-state index in [9.17, 15) is 4.79 Å². The van der Waals surface area contributed by atoms with Crippen molar-refractivity contribution in [3.63, 3.8) is 0 Å². The first-order valence-corrected chi connectivity index (χ1v) is 7.48. The van der Waals surface area contributed by atoms with Crippen LogP contribution in [0.5, 0.6) is 0 Å². The molecule has 4 nitrogen and oxygen atoms in total. The summed E-state index contributed by atoms with van der Waals surface area (Å²) in [4.78, 5) is 12.6. The summed E-state index contributed by atoms with van der Waals surface area (Å²) in [5.74, 6) is -0.359. The minimum Gasteiger partial charge on any atom is -0.458 e. The lowest BCUT2D eigenvalue weighted by molar-refractivity contribution is -0.159. The van der Waals surface area contributed by atoms with E-state index in [1.807, 2.05) is 6.07 Å². The summed E-state index contributed by atoms with van der Waals surface area (Å²) in [6, 6.07) is 3.63. The summed E-state index contributed by atoms with van der Waals surface area (Å²) in [5.41, 5.74) is 0. The van der Waals surface area contributed by atoms with Crippen LogP contribution >= 0.6 is 22.9 Å². The molecular formula is C13H17ClO4S. The number of ether oxygens (including phenoxy) is 3. The van der Waals surface area contributed by atoms with Crippen LogP contribution in [0.15, 0.2) is 12.1 Å². The lowest BCUT2D eigenvalue weighted by Crippen LogP contribution is -2.27. The Bertz CT molecular complexity index is 415. The van der Waals surface area contributed by atoms with Crippen LogP contribution in [0.3, 0.4) is 0 Å². The summed E-state index contributed by atoms with van der Waals surface area (Å²) < 4.78 is 16.7. The van der Waals surface area contributed by atoms with Crippen LogP contribution in [-0.4, -0.2) is 31.4 Å². The van der Waals surface area contributed by atoms with Gasteiger partial charge in [-0.1, -0.05) is 11.6 Å². The standard InChI is InChI=1S/C13H17ClO4S/c1-9(17-7-10-3-2-6-16-10)13(15)18-8-11-4-5-12(14)19-11/h4-5,9-10H,2-3,6-8H2,1H3. The maximum atomic E-state index is 11.7. The van der Waals surface area contributed by atoms with Gasteiger partial charge in [-0.05, 0) is 31.9 Å². The molecule has 1 fully saturated rings. The first-order chi connectivity index (χ1) is 9.15. The molecule has 2 atom stereocenters. The summed E-state index contributed by atoms with van der Waals surface area (Å²) in [6.07, 6.45) is 1.60. The van der Waals surface area contributed by atoms with Crippen LogP contribution in [0.25, 0.3) is 0 Å². The number of carbonyl (C=O) groups excluding carboxylic acids is 1. The van der Waals surface area contributed by atoms with Crippen LogP contribution in [0.1, 0.15) is 24.6 Å². The smallest absolute Gasteiger partial charge is 0.335 e. The molecule has 19 heavy (non-hydrogen) atoms. The molecule has 2 rings (SSSR count). The molecule has 0 amide bonds. The fourth-order valence-corrected chi connectivity index (χ4v) is 2.79. The molecule has 1 aliphatic heterocycles. The van der Waals surface area contributed by atoms with Gasteiger partial charge in [-0.2, -0.15) is 0 Å². The number of halogens is 1. The van der Waals surface area contributed by atoms with Crippen molar-refractivity contribution in [2.45, 2.75) is 38.6 Å². The van der Waals surface area contributed by atoms with E-state index >= 15 is 0 Å². The Hall–Kier alpha value is -0.620. The molecule has 106 valence electrons. The normalized spacial score (nSPS) is 20.4. The molecule has 2 heterocycles. The van der Waals surface area contributed by atoms with Crippen molar-refractivity contribution in [3.05, 3.63) is 21.3 Å². The molecule has 0 N–H and O–H groups in total. The molecular weight excluding hydrogens is 288 g/mol. The summed E-state index contributed by atoms with van der Waals surface area (Å²) in [5, 5.41) is 0. The highest BCUT2D eigenvalue weighted by atomic mass is 35.5. The molecule has 0 saturated carbocycles. The van der Waals surface area contributed by atoms with E-state index in [2.05, 4.69) is 0 Å². The van der Waals surface area contributed by atoms with Crippen molar-refractivity contribution in [2.24, 2.45) is 0 Å². The molecule has 0 bridgehead atoms. The second kappa shape index (κ2) is 7.24. The highest BCUT2D eigenvalue weighted by molar-refractivity contribution is 7.16. The van der Waals surface area contributed by atoms with Gasteiger partial charge in [0.05, 0.1) is 17.0 Å². The second-order valence-corrected chi connectivity index (χ2v) is 6.22. The number of hydrogen-bond acceptors (Lipinski definition) is 5. The Labute approximate surface area is 121 Å². The average Bonchev–Trinajstić information content (AvgIpc) is 3.04. The lowest BCUT2D eigenvalue weighted by atomic mass is 10.2. The quantitative estimate of drug-likeness (QED) is 0.758. The van der Waals surface area contributed by atoms with E-state index in [0.29, 0.717) is 10.9 Å². The van der Waals surface area contributed by atoms with E-state index in [4.69, 9.17) is 25.8 Å². The molecule has 1 aromatic heterocycles. The molecule has 0 aliphatic carbocycles. The molecule has 1 aliphatic rings. The third-order valence-corrected chi connectivity index (χ3v) is 4.08. The molecule has 2 unspecified atom stereocenters. The van der Waals surface area contributed by atoms with Gasteiger partial charge in [0.2, 0.25) is 0 Å². The van der Waals surface area contributed by atoms with Gasteiger partial charge in [0.15, 0.2) is 6.10 Å². The Morgan fingerprint density at radius 3 is 3.11 bits per heavy atom. The third-order valence-electron chi connectivity index (χ3n) is 2.87. The lowest BCUT2D eigenvalue weighted by Gasteiger charge is -2.15. The molecule has 6 heteroatoms. The minimum atomic E-state index is -0.570. The first-order valence-electron chi connectivity index (χ1n) is 6.29. The van der Waals surface area contributed by atoms with Crippen LogP contribution in [0.2, 0.25) is 4.34 Å². The van der Waals surface area contributed by atoms with E-state index in [1.54, 1.807) is 13.0 Å². The van der Waals surface area contributed by atoms with Crippen molar-refractivity contribution in [1.29, 1.82) is 0 Å². The zero-order chi connectivity index (χ0) is 13.7. The second-order valence-electron chi connectivity index (χ2n) is 4.42. The third kappa shape index (κ3) is 4.76. The van der Waals surface area contributed by atoms with Gasteiger partial charge >= 0.3 is 5.97 Å². The fraction of sp³-hybridized carbons (Fsp3) is 0.615. The first kappa shape index (κ1) is 14.8. The van der Waals surface area contributed by atoms with E-state index in [-0.39, 0.29) is 18.7 Å². The molecule has 0 spiro atoms. The topological polar surface area (TPSA) is 44.8 Å². The predicted molar refractivity (Wildman–Crippen MR) is 73.5 cm³/mol. The van der Waals surface area contributed by atoms with Gasteiger partial charge in [0.25, 0.3) is 0 Å².